The Morgan fingerprint density at radius 3 is 2.13 bits per heavy atom. The second kappa shape index (κ2) is 4.69. The quantitative estimate of drug-likeness (QED) is 0.645. The minimum Gasteiger partial charge on any atom is -0.208 e. The van der Waals surface area contributed by atoms with Crippen molar-refractivity contribution in [2.45, 2.75) is 6.92 Å². The van der Waals surface area contributed by atoms with Gasteiger partial charge in [0, 0.05) is 11.6 Å². The number of rotatable bonds is 3. The van der Waals surface area contributed by atoms with Gasteiger partial charge in [0.25, 0.3) is 0 Å². The van der Waals surface area contributed by atoms with Crippen LogP contribution in [0, 0.1) is 6.92 Å². The lowest BCUT2D eigenvalue weighted by molar-refractivity contribution is 0.637. The van der Waals surface area contributed by atoms with Crippen LogP contribution < -0.4 is 0 Å². The minimum atomic E-state index is -0.819. The van der Waals surface area contributed by atoms with Crippen molar-refractivity contribution < 1.29 is 8.78 Å². The number of hydrogen-bond donors (Lipinski definition) is 0. The highest BCUT2D eigenvalue weighted by Crippen LogP contribution is 2.23. The Labute approximate surface area is 88.2 Å². The summed E-state index contributed by atoms with van der Waals surface area (Å²) in [5.74, 6) is -1.52. The van der Waals surface area contributed by atoms with E-state index in [2.05, 4.69) is 13.2 Å². The summed E-state index contributed by atoms with van der Waals surface area (Å²) in [6.45, 7) is 8.45. The highest BCUT2D eigenvalue weighted by atomic mass is 19.1. The van der Waals surface area contributed by atoms with Crippen LogP contribution in [-0.4, -0.2) is 0 Å². The van der Waals surface area contributed by atoms with Gasteiger partial charge in [0.15, 0.2) is 0 Å². The smallest absolute Gasteiger partial charge is 0.133 e. The molecule has 0 unspecified atom stereocenters. The Hall–Kier alpha value is -1.70. The van der Waals surface area contributed by atoms with Gasteiger partial charge in [-0.15, -0.1) is 0 Å². The molecule has 78 valence electrons. The molecule has 0 saturated carbocycles. The molecule has 1 aromatic carbocycles. The average molecular weight is 206 g/mol. The first-order valence-electron chi connectivity index (χ1n) is 4.48. The van der Waals surface area contributed by atoms with E-state index in [9.17, 15) is 8.78 Å². The van der Waals surface area contributed by atoms with Crippen LogP contribution >= 0.6 is 0 Å². The average Bonchev–Trinajstić information content (AvgIpc) is 2.17. The van der Waals surface area contributed by atoms with Gasteiger partial charge in [-0.05, 0) is 12.5 Å². The first-order chi connectivity index (χ1) is 7.00. The Morgan fingerprint density at radius 2 is 1.67 bits per heavy atom. The van der Waals surface area contributed by atoms with Gasteiger partial charge in [0.1, 0.15) is 11.7 Å². The van der Waals surface area contributed by atoms with Gasteiger partial charge in [0.2, 0.25) is 0 Å². The van der Waals surface area contributed by atoms with Gasteiger partial charge in [-0.2, -0.15) is 0 Å². The van der Waals surface area contributed by atoms with Crippen LogP contribution in [0.25, 0.3) is 5.57 Å². The van der Waals surface area contributed by atoms with E-state index in [1.165, 1.54) is 0 Å². The van der Waals surface area contributed by atoms with Crippen LogP contribution in [0.4, 0.5) is 8.78 Å². The van der Waals surface area contributed by atoms with Gasteiger partial charge in [-0.3, -0.25) is 0 Å². The molecule has 0 saturated heterocycles. The van der Waals surface area contributed by atoms with E-state index < -0.39 is 11.7 Å². The third kappa shape index (κ3) is 3.17. The lowest BCUT2D eigenvalue weighted by Crippen LogP contribution is -1.84. The van der Waals surface area contributed by atoms with Crippen LogP contribution in [0.2, 0.25) is 0 Å². The van der Waals surface area contributed by atoms with Crippen molar-refractivity contribution in [2.75, 3.05) is 0 Å². The summed E-state index contributed by atoms with van der Waals surface area (Å²) >= 11 is 0. The van der Waals surface area contributed by atoms with Crippen molar-refractivity contribution in [3.63, 3.8) is 0 Å². The molecule has 2 heteroatoms. The summed E-state index contributed by atoms with van der Waals surface area (Å²) in [5, 5.41) is 0. The van der Waals surface area contributed by atoms with Crippen LogP contribution in [0.1, 0.15) is 11.1 Å². The van der Waals surface area contributed by atoms with Crippen molar-refractivity contribution in [3.05, 3.63) is 66.3 Å². The van der Waals surface area contributed by atoms with E-state index in [4.69, 9.17) is 0 Å². The fraction of sp³-hybridized carbons (Fsp3) is 0.0769. The molecule has 0 aliphatic heterocycles. The van der Waals surface area contributed by atoms with Crippen LogP contribution in [0.15, 0.2) is 55.2 Å². The molecule has 0 heterocycles. The van der Waals surface area contributed by atoms with E-state index >= 15 is 0 Å². The van der Waals surface area contributed by atoms with Gasteiger partial charge in [-0.25, -0.2) is 8.78 Å². The maximum atomic E-state index is 13.3. The molecule has 0 amide bonds. The molecule has 0 bridgehead atoms. The maximum Gasteiger partial charge on any atom is 0.133 e. The molecular formula is C13H12F2. The van der Waals surface area contributed by atoms with E-state index in [1.807, 2.05) is 19.1 Å². The Kier molecular flexibility index (Phi) is 3.56. The molecule has 0 spiro atoms. The zero-order valence-corrected chi connectivity index (χ0v) is 8.56. The molecule has 0 aliphatic carbocycles. The number of halogens is 2. The summed E-state index contributed by atoms with van der Waals surface area (Å²) in [6.07, 6.45) is 0.724. The minimum absolute atomic E-state index is 0.161. The van der Waals surface area contributed by atoms with Crippen molar-refractivity contribution in [2.24, 2.45) is 0 Å². The lowest BCUT2D eigenvalue weighted by Gasteiger charge is -2.03. The second-order valence-electron chi connectivity index (χ2n) is 3.28. The van der Waals surface area contributed by atoms with Crippen molar-refractivity contribution >= 4 is 5.57 Å². The summed E-state index contributed by atoms with van der Waals surface area (Å²) < 4.78 is 25.6. The lowest BCUT2D eigenvalue weighted by atomic mass is 10.0. The summed E-state index contributed by atoms with van der Waals surface area (Å²) in [7, 11) is 0. The monoisotopic (exact) mass is 206 g/mol. The standard InChI is InChI=1S/C13H12F2/c1-9-4-6-12(7-5-9)11(3)13(15)8-10(2)14/h4-8H,2-3H2,1H3/b13-8+. The molecule has 0 fully saturated rings. The van der Waals surface area contributed by atoms with Gasteiger partial charge < -0.3 is 0 Å². The van der Waals surface area contributed by atoms with Crippen molar-refractivity contribution in [1.29, 1.82) is 0 Å². The van der Waals surface area contributed by atoms with Gasteiger partial charge in [0.05, 0.1) is 0 Å². The van der Waals surface area contributed by atoms with Crippen LogP contribution in [0.5, 0.6) is 0 Å². The van der Waals surface area contributed by atoms with E-state index in [0.717, 1.165) is 11.6 Å². The van der Waals surface area contributed by atoms with Gasteiger partial charge in [-0.1, -0.05) is 43.0 Å². The van der Waals surface area contributed by atoms with Crippen molar-refractivity contribution in [1.82, 2.24) is 0 Å². The predicted molar refractivity (Wildman–Crippen MR) is 59.7 cm³/mol. The fourth-order valence-corrected chi connectivity index (χ4v) is 1.12. The third-order valence-electron chi connectivity index (χ3n) is 1.97. The molecule has 0 aliphatic rings. The maximum absolute atomic E-state index is 13.3. The number of allylic oxidation sites excluding steroid dienone is 4. The number of hydrogen-bond acceptors (Lipinski definition) is 0. The summed E-state index contributed by atoms with van der Waals surface area (Å²) in [6, 6.07) is 7.17. The molecular weight excluding hydrogens is 194 g/mol. The number of aryl methyl sites for hydroxylation is 1. The predicted octanol–water partition coefficient (Wildman–Crippen LogP) is 4.34. The van der Waals surface area contributed by atoms with Gasteiger partial charge >= 0.3 is 0 Å². The largest absolute Gasteiger partial charge is 0.208 e. The van der Waals surface area contributed by atoms with Crippen molar-refractivity contribution in [3.8, 4) is 0 Å². The molecule has 1 rings (SSSR count). The Balaban J connectivity index is 2.95. The highest BCUT2D eigenvalue weighted by Gasteiger charge is 2.04. The third-order valence-corrected chi connectivity index (χ3v) is 1.97. The molecule has 0 aromatic heterocycles. The fourth-order valence-electron chi connectivity index (χ4n) is 1.12. The second-order valence-corrected chi connectivity index (χ2v) is 3.28. The first-order valence-corrected chi connectivity index (χ1v) is 4.48. The molecule has 0 nitrogen and oxygen atoms in total. The SMILES string of the molecule is C=C(F)/C=C(/F)C(=C)c1ccc(C)cc1. The Bertz CT molecular complexity index is 411. The Morgan fingerprint density at radius 1 is 1.13 bits per heavy atom. The van der Waals surface area contributed by atoms with Crippen LogP contribution in [0.3, 0.4) is 0 Å². The topological polar surface area (TPSA) is 0 Å². The first kappa shape index (κ1) is 11.4. The summed E-state index contributed by atoms with van der Waals surface area (Å²) in [5.41, 5.74) is 1.87. The zero-order chi connectivity index (χ0) is 11.4. The molecule has 1 aromatic rings. The van der Waals surface area contributed by atoms with E-state index in [1.54, 1.807) is 12.1 Å². The normalized spacial score (nSPS) is 11.3. The summed E-state index contributed by atoms with van der Waals surface area (Å²) in [4.78, 5) is 0. The van der Waals surface area contributed by atoms with E-state index in [-0.39, 0.29) is 5.57 Å². The molecule has 0 atom stereocenters. The highest BCUT2D eigenvalue weighted by molar-refractivity contribution is 5.75. The molecule has 0 radical (unpaired) electrons. The van der Waals surface area contributed by atoms with E-state index in [0.29, 0.717) is 5.56 Å². The zero-order valence-electron chi connectivity index (χ0n) is 8.56. The van der Waals surface area contributed by atoms with Crippen LogP contribution in [-0.2, 0) is 0 Å². The molecule has 0 N–H and O–H groups in total. The molecule has 15 heavy (non-hydrogen) atoms. The number of benzene rings is 1.